The molecule has 0 spiro atoms. The lowest BCUT2D eigenvalue weighted by Crippen LogP contribution is -2.50. The fourth-order valence-corrected chi connectivity index (χ4v) is 4.81. The zero-order valence-corrected chi connectivity index (χ0v) is 19.3. The number of hydrogen-bond acceptors (Lipinski definition) is 6. The minimum Gasteiger partial charge on any atom is -0.459 e. The number of hydrogen-bond donors (Lipinski definition) is 0. The van der Waals surface area contributed by atoms with E-state index in [2.05, 4.69) is 22.2 Å². The van der Waals surface area contributed by atoms with Gasteiger partial charge in [0.1, 0.15) is 0 Å². The second-order valence-electron chi connectivity index (χ2n) is 8.82. The molecular weight excluding hydrogens is 444 g/mol. The highest BCUT2D eigenvalue weighted by molar-refractivity contribution is 5.96. The molecule has 2 amide bonds. The van der Waals surface area contributed by atoms with E-state index in [0.29, 0.717) is 49.1 Å². The van der Waals surface area contributed by atoms with Gasteiger partial charge in [-0.3, -0.25) is 9.59 Å². The average molecular weight is 469 g/mol. The number of piperazine rings is 1. The molecule has 0 radical (unpaired) electrons. The van der Waals surface area contributed by atoms with E-state index in [1.54, 1.807) is 32.8 Å². The molecule has 2 aliphatic rings. The highest BCUT2D eigenvalue weighted by Gasteiger charge is 2.29. The van der Waals surface area contributed by atoms with E-state index in [9.17, 15) is 9.59 Å². The summed E-state index contributed by atoms with van der Waals surface area (Å²) < 4.78 is 6.84. The minimum atomic E-state index is -0.155. The summed E-state index contributed by atoms with van der Waals surface area (Å²) in [6.45, 7) is 3.65. The van der Waals surface area contributed by atoms with Crippen molar-refractivity contribution in [3.63, 3.8) is 0 Å². The van der Waals surface area contributed by atoms with Gasteiger partial charge in [0.15, 0.2) is 5.76 Å². The van der Waals surface area contributed by atoms with Crippen molar-refractivity contribution in [2.45, 2.75) is 19.8 Å². The van der Waals surface area contributed by atoms with E-state index >= 15 is 0 Å². The van der Waals surface area contributed by atoms with Crippen molar-refractivity contribution in [2.75, 3.05) is 26.2 Å². The van der Waals surface area contributed by atoms with Crippen molar-refractivity contribution in [3.8, 4) is 17.2 Å². The first-order chi connectivity index (χ1) is 17.1. The predicted octanol–water partition coefficient (Wildman–Crippen LogP) is 2.93. The Labute approximate surface area is 202 Å². The van der Waals surface area contributed by atoms with Crippen LogP contribution in [0.3, 0.4) is 0 Å². The van der Waals surface area contributed by atoms with Gasteiger partial charge in [0.05, 0.1) is 29.4 Å². The molecule has 1 aromatic carbocycles. The van der Waals surface area contributed by atoms with Gasteiger partial charge in [-0.25, -0.2) is 14.6 Å². The van der Waals surface area contributed by atoms with Crippen LogP contribution >= 0.6 is 0 Å². The van der Waals surface area contributed by atoms with Crippen LogP contribution in [0, 0.1) is 6.92 Å². The summed E-state index contributed by atoms with van der Waals surface area (Å²) >= 11 is 0. The Morgan fingerprint density at radius 3 is 2.40 bits per heavy atom. The Bertz CT molecular complexity index is 1420. The molecular formula is C26H24N6O3. The highest BCUT2D eigenvalue weighted by Crippen LogP contribution is 2.32. The summed E-state index contributed by atoms with van der Waals surface area (Å²) in [5.41, 5.74) is 5.65. The Morgan fingerprint density at radius 1 is 0.886 bits per heavy atom. The van der Waals surface area contributed by atoms with Gasteiger partial charge in [-0.2, -0.15) is 5.10 Å². The van der Waals surface area contributed by atoms with Crippen LogP contribution in [-0.2, 0) is 12.8 Å². The molecule has 4 aromatic rings. The summed E-state index contributed by atoms with van der Waals surface area (Å²) in [5.74, 6) is 0.500. The quantitative estimate of drug-likeness (QED) is 0.459. The van der Waals surface area contributed by atoms with Gasteiger partial charge in [-0.05, 0) is 43.0 Å². The lowest BCUT2D eigenvalue weighted by atomic mass is 9.90. The minimum absolute atomic E-state index is 0.109. The van der Waals surface area contributed by atoms with Gasteiger partial charge >= 0.3 is 0 Å². The monoisotopic (exact) mass is 468 g/mol. The number of carbonyl (C=O) groups excluding carboxylic acids is 2. The summed E-state index contributed by atoms with van der Waals surface area (Å²) in [6, 6.07) is 11.6. The van der Waals surface area contributed by atoms with Gasteiger partial charge in [0.2, 0.25) is 0 Å². The third kappa shape index (κ3) is 3.69. The van der Waals surface area contributed by atoms with Crippen LogP contribution in [0.5, 0.6) is 0 Å². The number of aromatic nitrogens is 4. The molecule has 0 unspecified atom stereocenters. The molecule has 1 aliphatic heterocycles. The molecule has 0 atom stereocenters. The van der Waals surface area contributed by atoms with Gasteiger partial charge in [0.25, 0.3) is 17.8 Å². The summed E-state index contributed by atoms with van der Waals surface area (Å²) in [4.78, 5) is 38.6. The maximum Gasteiger partial charge on any atom is 0.289 e. The number of rotatable bonds is 3. The third-order valence-electron chi connectivity index (χ3n) is 6.80. The maximum atomic E-state index is 13.3. The van der Waals surface area contributed by atoms with Crippen LogP contribution in [0.2, 0.25) is 0 Å². The van der Waals surface area contributed by atoms with Gasteiger partial charge < -0.3 is 14.2 Å². The molecule has 9 nitrogen and oxygen atoms in total. The normalized spacial score (nSPS) is 15.0. The van der Waals surface area contributed by atoms with Crippen LogP contribution in [0.1, 0.15) is 37.7 Å². The largest absolute Gasteiger partial charge is 0.459 e. The zero-order valence-electron chi connectivity index (χ0n) is 19.3. The van der Waals surface area contributed by atoms with Crippen molar-refractivity contribution in [3.05, 3.63) is 83.2 Å². The first kappa shape index (κ1) is 21.3. The summed E-state index contributed by atoms with van der Waals surface area (Å²) in [6.07, 6.45) is 6.81. The van der Waals surface area contributed by atoms with E-state index in [4.69, 9.17) is 9.40 Å². The molecule has 35 heavy (non-hydrogen) atoms. The van der Waals surface area contributed by atoms with Crippen LogP contribution in [0.4, 0.5) is 0 Å². The standard InChI is InChI=1S/C26H24N6O3/c1-17-21(24(33)30-10-12-31(13-11-30)25(34)22-7-4-14-35-22)16-28-32(17)26-27-15-19-9-8-18-5-2-3-6-20(18)23(19)29-26/h2-7,14-16H,8-13H2,1H3. The molecule has 3 aromatic heterocycles. The average Bonchev–Trinajstić information content (AvgIpc) is 3.58. The van der Waals surface area contributed by atoms with Crippen LogP contribution in [-0.4, -0.2) is 67.5 Å². The van der Waals surface area contributed by atoms with E-state index < -0.39 is 0 Å². The van der Waals surface area contributed by atoms with Gasteiger partial charge in [-0.15, -0.1) is 0 Å². The van der Waals surface area contributed by atoms with E-state index in [-0.39, 0.29) is 11.8 Å². The Balaban J connectivity index is 1.21. The maximum absolute atomic E-state index is 13.3. The first-order valence-electron chi connectivity index (χ1n) is 11.7. The Morgan fingerprint density at radius 2 is 1.63 bits per heavy atom. The second-order valence-corrected chi connectivity index (χ2v) is 8.82. The first-order valence-corrected chi connectivity index (χ1v) is 11.7. The number of furan rings is 1. The predicted molar refractivity (Wildman–Crippen MR) is 127 cm³/mol. The lowest BCUT2D eigenvalue weighted by Gasteiger charge is -2.34. The van der Waals surface area contributed by atoms with Crippen molar-refractivity contribution < 1.29 is 14.0 Å². The number of aryl methyl sites for hydroxylation is 2. The van der Waals surface area contributed by atoms with E-state index in [1.165, 1.54) is 11.8 Å². The number of carbonyl (C=O) groups is 2. The van der Waals surface area contributed by atoms with Crippen LogP contribution in [0.15, 0.2) is 59.5 Å². The smallest absolute Gasteiger partial charge is 0.289 e. The fourth-order valence-electron chi connectivity index (χ4n) is 4.81. The molecule has 0 saturated carbocycles. The third-order valence-corrected chi connectivity index (χ3v) is 6.80. The van der Waals surface area contributed by atoms with E-state index in [0.717, 1.165) is 29.7 Å². The van der Waals surface area contributed by atoms with Crippen molar-refractivity contribution in [1.29, 1.82) is 0 Å². The van der Waals surface area contributed by atoms with Crippen molar-refractivity contribution in [2.24, 2.45) is 0 Å². The molecule has 176 valence electrons. The Hall–Kier alpha value is -4.27. The molecule has 4 heterocycles. The SMILES string of the molecule is Cc1c(C(=O)N2CCN(C(=O)c3ccco3)CC2)cnn1-c1ncc2c(n1)-c1ccccc1CC2. The van der Waals surface area contributed by atoms with E-state index in [1.807, 2.05) is 25.3 Å². The topological polar surface area (TPSA) is 97.4 Å². The summed E-state index contributed by atoms with van der Waals surface area (Å²) in [7, 11) is 0. The zero-order chi connectivity index (χ0) is 23.9. The number of fused-ring (bicyclic) bond motifs is 3. The molecule has 1 saturated heterocycles. The molecule has 1 aliphatic carbocycles. The molecule has 6 rings (SSSR count). The lowest BCUT2D eigenvalue weighted by molar-refractivity contribution is 0.0517. The summed E-state index contributed by atoms with van der Waals surface area (Å²) in [5, 5.41) is 4.45. The van der Waals surface area contributed by atoms with Crippen molar-refractivity contribution in [1.82, 2.24) is 29.5 Å². The number of nitrogens with zero attached hydrogens (tertiary/aromatic N) is 6. The van der Waals surface area contributed by atoms with Crippen molar-refractivity contribution >= 4 is 11.8 Å². The molecule has 0 bridgehead atoms. The number of amides is 2. The van der Waals surface area contributed by atoms with Gasteiger partial charge in [0, 0.05) is 37.9 Å². The highest BCUT2D eigenvalue weighted by atomic mass is 16.3. The fraction of sp³-hybridized carbons (Fsp3) is 0.269. The van der Waals surface area contributed by atoms with Gasteiger partial charge in [-0.1, -0.05) is 24.3 Å². The van der Waals surface area contributed by atoms with Crippen LogP contribution in [0.25, 0.3) is 17.2 Å². The molecule has 0 N–H and O–H groups in total. The molecule has 1 fully saturated rings. The number of benzene rings is 1. The Kier molecular flexibility index (Phi) is 5.17. The second kappa shape index (κ2) is 8.50. The molecule has 9 heteroatoms. The van der Waals surface area contributed by atoms with Crippen LogP contribution < -0.4 is 0 Å².